The maximum absolute atomic E-state index is 12.3. The molecule has 0 spiro atoms. The molecule has 0 atom stereocenters. The summed E-state index contributed by atoms with van der Waals surface area (Å²) < 4.78 is 31.8. The summed E-state index contributed by atoms with van der Waals surface area (Å²) in [4.78, 5) is 11.6. The van der Waals surface area contributed by atoms with E-state index in [1.165, 1.54) is 13.2 Å². The predicted octanol–water partition coefficient (Wildman–Crippen LogP) is 0.565. The van der Waals surface area contributed by atoms with E-state index >= 15 is 0 Å². The lowest BCUT2D eigenvalue weighted by Crippen LogP contribution is -2.42. The number of piperidine rings is 1. The van der Waals surface area contributed by atoms with Gasteiger partial charge in [0.1, 0.15) is 9.77 Å². The predicted molar refractivity (Wildman–Crippen MR) is 71.9 cm³/mol. The molecule has 0 aliphatic carbocycles. The number of hydrogen-bond donors (Lipinski definition) is 2. The van der Waals surface area contributed by atoms with Gasteiger partial charge in [-0.1, -0.05) is 0 Å². The third kappa shape index (κ3) is 3.33. The summed E-state index contributed by atoms with van der Waals surface area (Å²) in [7, 11) is -2.44. The van der Waals surface area contributed by atoms with Crippen LogP contribution in [-0.4, -0.2) is 40.6 Å². The standard InChI is InChI=1S/C11H16N2O4S2/c1-17-11(14)10-9(4-7-18-10)19(15,16)13-8-2-5-12-6-3-8/h4,7-8,12-13H,2-3,5-6H2,1H3. The van der Waals surface area contributed by atoms with Crippen molar-refractivity contribution in [3.8, 4) is 0 Å². The molecule has 106 valence electrons. The Balaban J connectivity index is 2.19. The Hall–Kier alpha value is -0.960. The van der Waals surface area contributed by atoms with Gasteiger partial charge in [0.2, 0.25) is 10.0 Å². The van der Waals surface area contributed by atoms with Gasteiger partial charge in [0, 0.05) is 6.04 Å². The molecule has 1 aromatic rings. The molecule has 1 aliphatic heterocycles. The van der Waals surface area contributed by atoms with E-state index in [1.54, 1.807) is 5.38 Å². The molecular formula is C11H16N2O4S2. The van der Waals surface area contributed by atoms with E-state index in [-0.39, 0.29) is 15.8 Å². The van der Waals surface area contributed by atoms with Crippen LogP contribution in [0.15, 0.2) is 16.3 Å². The Bertz CT molecular complexity index is 547. The fraction of sp³-hybridized carbons (Fsp3) is 0.545. The first-order valence-electron chi connectivity index (χ1n) is 5.93. The van der Waals surface area contributed by atoms with Gasteiger partial charge in [-0.3, -0.25) is 0 Å². The highest BCUT2D eigenvalue weighted by molar-refractivity contribution is 7.89. The van der Waals surface area contributed by atoms with Crippen molar-refractivity contribution in [1.29, 1.82) is 0 Å². The van der Waals surface area contributed by atoms with Gasteiger partial charge in [0.25, 0.3) is 0 Å². The van der Waals surface area contributed by atoms with Crippen LogP contribution in [0.3, 0.4) is 0 Å². The molecule has 2 heterocycles. The molecule has 0 bridgehead atoms. The quantitative estimate of drug-likeness (QED) is 0.794. The van der Waals surface area contributed by atoms with E-state index in [9.17, 15) is 13.2 Å². The van der Waals surface area contributed by atoms with E-state index in [2.05, 4.69) is 14.8 Å². The second-order valence-corrected chi connectivity index (χ2v) is 6.85. The molecule has 0 saturated carbocycles. The van der Waals surface area contributed by atoms with Crippen LogP contribution in [0.5, 0.6) is 0 Å². The Morgan fingerprint density at radius 2 is 2.16 bits per heavy atom. The monoisotopic (exact) mass is 304 g/mol. The van der Waals surface area contributed by atoms with Gasteiger partial charge in [-0.25, -0.2) is 17.9 Å². The summed E-state index contributed by atoms with van der Waals surface area (Å²) in [5, 5.41) is 4.74. The smallest absolute Gasteiger partial charge is 0.349 e. The van der Waals surface area contributed by atoms with Crippen LogP contribution in [0, 0.1) is 0 Å². The number of sulfonamides is 1. The number of nitrogens with one attached hydrogen (secondary N) is 2. The van der Waals surface area contributed by atoms with Crippen molar-refractivity contribution >= 4 is 27.3 Å². The number of ether oxygens (including phenoxy) is 1. The zero-order chi connectivity index (χ0) is 13.9. The lowest BCUT2D eigenvalue weighted by molar-refractivity contribution is 0.0602. The maximum atomic E-state index is 12.3. The molecule has 0 unspecified atom stereocenters. The number of rotatable bonds is 4. The summed E-state index contributed by atoms with van der Waals surface area (Å²) in [5.74, 6) is -0.624. The molecule has 1 saturated heterocycles. The molecule has 2 N–H and O–H groups in total. The molecule has 0 aromatic carbocycles. The number of carbonyl (C=O) groups excluding carboxylic acids is 1. The zero-order valence-corrected chi connectivity index (χ0v) is 12.1. The normalized spacial score (nSPS) is 17.3. The SMILES string of the molecule is COC(=O)c1sccc1S(=O)(=O)NC1CCNCC1. The van der Waals surface area contributed by atoms with Crippen molar-refractivity contribution in [3.63, 3.8) is 0 Å². The average Bonchev–Trinajstić information content (AvgIpc) is 2.88. The largest absolute Gasteiger partial charge is 0.465 e. The minimum absolute atomic E-state index is 0.00267. The third-order valence-corrected chi connectivity index (χ3v) is 5.54. The Labute approximate surface area is 116 Å². The maximum Gasteiger partial charge on any atom is 0.349 e. The first kappa shape index (κ1) is 14.4. The van der Waals surface area contributed by atoms with E-state index < -0.39 is 16.0 Å². The second-order valence-electron chi connectivity index (χ2n) is 4.25. The van der Waals surface area contributed by atoms with Crippen LogP contribution in [0.4, 0.5) is 0 Å². The lowest BCUT2D eigenvalue weighted by atomic mass is 10.1. The van der Waals surface area contributed by atoms with Gasteiger partial charge in [-0.15, -0.1) is 11.3 Å². The number of thiophene rings is 1. The molecule has 6 nitrogen and oxygen atoms in total. The highest BCUT2D eigenvalue weighted by atomic mass is 32.2. The molecule has 1 aromatic heterocycles. The van der Waals surface area contributed by atoms with Crippen molar-refractivity contribution in [1.82, 2.24) is 10.0 Å². The van der Waals surface area contributed by atoms with Gasteiger partial charge in [-0.05, 0) is 37.4 Å². The highest BCUT2D eigenvalue weighted by Gasteiger charge is 2.27. The molecular weight excluding hydrogens is 288 g/mol. The molecule has 0 amide bonds. The summed E-state index contributed by atoms with van der Waals surface area (Å²) in [6.07, 6.45) is 1.49. The Morgan fingerprint density at radius 1 is 1.47 bits per heavy atom. The Morgan fingerprint density at radius 3 is 2.79 bits per heavy atom. The van der Waals surface area contributed by atoms with Crippen LogP contribution in [0.1, 0.15) is 22.5 Å². The van der Waals surface area contributed by atoms with Gasteiger partial charge in [0.15, 0.2) is 0 Å². The molecule has 19 heavy (non-hydrogen) atoms. The molecule has 1 aliphatic rings. The van der Waals surface area contributed by atoms with Crippen LogP contribution >= 0.6 is 11.3 Å². The minimum atomic E-state index is -3.67. The molecule has 8 heteroatoms. The van der Waals surface area contributed by atoms with Gasteiger partial charge in [0.05, 0.1) is 7.11 Å². The third-order valence-electron chi connectivity index (χ3n) is 2.95. The lowest BCUT2D eigenvalue weighted by Gasteiger charge is -2.23. The summed E-state index contributed by atoms with van der Waals surface area (Å²) >= 11 is 1.07. The van der Waals surface area contributed by atoms with E-state index in [0.29, 0.717) is 0 Å². The van der Waals surface area contributed by atoms with Crippen LogP contribution in [0.25, 0.3) is 0 Å². The van der Waals surface area contributed by atoms with Crippen molar-refractivity contribution < 1.29 is 17.9 Å². The summed E-state index contributed by atoms with van der Waals surface area (Å²) in [6.45, 7) is 1.58. The number of carbonyl (C=O) groups is 1. The van der Waals surface area contributed by atoms with Crippen molar-refractivity contribution in [3.05, 3.63) is 16.3 Å². The van der Waals surface area contributed by atoms with Gasteiger partial charge < -0.3 is 10.1 Å². The number of hydrogen-bond acceptors (Lipinski definition) is 6. The highest BCUT2D eigenvalue weighted by Crippen LogP contribution is 2.23. The zero-order valence-electron chi connectivity index (χ0n) is 10.5. The average molecular weight is 304 g/mol. The minimum Gasteiger partial charge on any atom is -0.465 e. The second kappa shape index (κ2) is 6.00. The van der Waals surface area contributed by atoms with Crippen LogP contribution in [-0.2, 0) is 14.8 Å². The summed E-state index contributed by atoms with van der Waals surface area (Å²) in [6, 6.07) is 1.34. The molecule has 1 fully saturated rings. The van der Waals surface area contributed by atoms with Crippen LogP contribution in [0.2, 0.25) is 0 Å². The van der Waals surface area contributed by atoms with Gasteiger partial charge in [-0.2, -0.15) is 0 Å². The van der Waals surface area contributed by atoms with Gasteiger partial charge >= 0.3 is 5.97 Å². The van der Waals surface area contributed by atoms with Crippen molar-refractivity contribution in [2.24, 2.45) is 0 Å². The number of methoxy groups -OCH3 is 1. The van der Waals surface area contributed by atoms with Crippen LogP contribution < -0.4 is 10.0 Å². The topological polar surface area (TPSA) is 84.5 Å². The fourth-order valence-electron chi connectivity index (χ4n) is 1.97. The molecule has 2 rings (SSSR count). The van der Waals surface area contributed by atoms with E-state index in [0.717, 1.165) is 37.3 Å². The first-order chi connectivity index (χ1) is 9.04. The van der Waals surface area contributed by atoms with E-state index in [1.807, 2.05) is 0 Å². The first-order valence-corrected chi connectivity index (χ1v) is 8.30. The van der Waals surface area contributed by atoms with Crippen molar-refractivity contribution in [2.45, 2.75) is 23.8 Å². The fourth-order valence-corrected chi connectivity index (χ4v) is 4.61. The van der Waals surface area contributed by atoms with E-state index in [4.69, 9.17) is 0 Å². The summed E-state index contributed by atoms with van der Waals surface area (Å²) in [5.41, 5.74) is 0. The molecule has 0 radical (unpaired) electrons. The Kier molecular flexibility index (Phi) is 4.56. The van der Waals surface area contributed by atoms with Crippen molar-refractivity contribution in [2.75, 3.05) is 20.2 Å². The number of esters is 1.